The minimum absolute atomic E-state index is 0.606. The van der Waals surface area contributed by atoms with Crippen LogP contribution in [0.25, 0.3) is 0 Å². The Bertz CT molecular complexity index is 575. The third-order valence-corrected chi connectivity index (χ3v) is 6.59. The van der Waals surface area contributed by atoms with Gasteiger partial charge in [-0.25, -0.2) is 16.8 Å². The van der Waals surface area contributed by atoms with Gasteiger partial charge in [-0.3, -0.25) is 0 Å². The van der Waals surface area contributed by atoms with E-state index in [0.717, 1.165) is 5.56 Å². The molecule has 0 saturated heterocycles. The Labute approximate surface area is 94.7 Å². The summed E-state index contributed by atoms with van der Waals surface area (Å²) in [6.45, 7) is 1.80. The summed E-state index contributed by atoms with van der Waals surface area (Å²) in [5.74, 6) is -0.614. The van der Waals surface area contributed by atoms with Crippen LogP contribution >= 0.6 is 0 Å². The summed E-state index contributed by atoms with van der Waals surface area (Å²) < 4.78 is 44.4. The van der Waals surface area contributed by atoms with Crippen LogP contribution in [0.3, 0.4) is 0 Å². The monoisotopic (exact) mass is 263 g/mol. The normalized spacial score (nSPS) is 12.4. The van der Waals surface area contributed by atoms with E-state index in [4.69, 9.17) is 0 Å². The Morgan fingerprint density at radius 2 is 1.69 bits per heavy atom. The molecule has 0 aromatic heterocycles. The zero-order chi connectivity index (χ0) is 12.4. The van der Waals surface area contributed by atoms with Crippen molar-refractivity contribution >= 4 is 23.4 Å². The zero-order valence-corrected chi connectivity index (χ0v) is 10.6. The topological polar surface area (TPSA) is 80.3 Å². The second-order valence-electron chi connectivity index (χ2n) is 3.40. The summed E-state index contributed by atoms with van der Waals surface area (Å²) in [5.41, 5.74) is 1.46. The van der Waals surface area contributed by atoms with Gasteiger partial charge in [0.05, 0.1) is 6.26 Å². The number of anilines is 1. The fraction of sp³-hybridized carbons (Fsp3) is 0.333. The highest BCUT2D eigenvalue weighted by atomic mass is 33.2. The maximum atomic E-state index is 11.3. The lowest BCUT2D eigenvalue weighted by Crippen LogP contribution is -2.22. The van der Waals surface area contributed by atoms with E-state index in [0.29, 0.717) is 11.9 Å². The van der Waals surface area contributed by atoms with Crippen LogP contribution in [0.1, 0.15) is 5.56 Å². The molecule has 0 aliphatic carbocycles. The number of hydrogen-bond donors (Lipinski definition) is 1. The second-order valence-corrected chi connectivity index (χ2v) is 9.55. The molecule has 16 heavy (non-hydrogen) atoms. The molecule has 90 valence electrons. The van der Waals surface area contributed by atoms with Gasteiger partial charge in [0.1, 0.15) is 5.88 Å². The molecule has 0 aliphatic rings. The summed E-state index contributed by atoms with van der Waals surface area (Å²) in [6, 6.07) is 7.04. The molecule has 0 aliphatic heterocycles. The summed E-state index contributed by atoms with van der Waals surface area (Å²) in [6.07, 6.45) is 0.682. The standard InChI is InChI=1S/C9H13NO4S2/c1-8-5-3-4-6-9(8)10-7-16(13,14)15(2,11)12/h3-6,10H,7H2,1-2H3. The number of rotatable bonds is 4. The molecule has 0 spiro atoms. The molecule has 0 saturated carbocycles. The summed E-state index contributed by atoms with van der Waals surface area (Å²) in [5, 5.41) is 2.59. The highest BCUT2D eigenvalue weighted by Gasteiger charge is 2.23. The van der Waals surface area contributed by atoms with Gasteiger partial charge in [0.2, 0.25) is 0 Å². The van der Waals surface area contributed by atoms with Crippen molar-refractivity contribution in [1.29, 1.82) is 0 Å². The Morgan fingerprint density at radius 3 is 2.19 bits per heavy atom. The van der Waals surface area contributed by atoms with E-state index in [1.54, 1.807) is 25.1 Å². The van der Waals surface area contributed by atoms with Crippen molar-refractivity contribution in [1.82, 2.24) is 0 Å². The van der Waals surface area contributed by atoms with E-state index < -0.39 is 23.6 Å². The molecular formula is C9H13NO4S2. The molecule has 1 rings (SSSR count). The van der Waals surface area contributed by atoms with Crippen LogP contribution in [0, 0.1) is 6.92 Å². The van der Waals surface area contributed by atoms with E-state index in [1.807, 2.05) is 6.07 Å². The van der Waals surface area contributed by atoms with E-state index in [2.05, 4.69) is 5.32 Å². The number of aryl methyl sites for hydroxylation is 1. The van der Waals surface area contributed by atoms with Gasteiger partial charge < -0.3 is 5.32 Å². The quantitative estimate of drug-likeness (QED) is 0.810. The van der Waals surface area contributed by atoms with Crippen molar-refractivity contribution in [3.05, 3.63) is 29.8 Å². The molecule has 1 N–H and O–H groups in total. The molecule has 0 fully saturated rings. The van der Waals surface area contributed by atoms with Crippen LogP contribution in [0.2, 0.25) is 0 Å². The first kappa shape index (κ1) is 13.0. The molecule has 0 radical (unpaired) electrons. The van der Waals surface area contributed by atoms with Crippen molar-refractivity contribution in [2.75, 3.05) is 17.4 Å². The first-order valence-corrected chi connectivity index (χ1v) is 8.52. The predicted octanol–water partition coefficient (Wildman–Crippen LogP) is 0.739. The van der Waals surface area contributed by atoms with Gasteiger partial charge in [-0.05, 0) is 18.6 Å². The molecule has 1 aromatic carbocycles. The number of para-hydroxylation sites is 1. The van der Waals surface area contributed by atoms with Crippen molar-refractivity contribution in [2.45, 2.75) is 6.92 Å². The number of nitrogens with one attached hydrogen (secondary N) is 1. The summed E-state index contributed by atoms with van der Waals surface area (Å²) >= 11 is 0. The third-order valence-electron chi connectivity index (χ3n) is 2.05. The lowest BCUT2D eigenvalue weighted by Gasteiger charge is -2.08. The first-order chi connectivity index (χ1) is 7.24. The SMILES string of the molecule is Cc1ccccc1NCS(=O)(=O)S(C)(=O)=O. The molecule has 0 atom stereocenters. The van der Waals surface area contributed by atoms with Gasteiger partial charge in [-0.2, -0.15) is 0 Å². The van der Waals surface area contributed by atoms with Crippen molar-refractivity contribution < 1.29 is 16.8 Å². The highest BCUT2D eigenvalue weighted by molar-refractivity contribution is 8.66. The second kappa shape index (κ2) is 4.42. The van der Waals surface area contributed by atoms with Crippen molar-refractivity contribution in [3.63, 3.8) is 0 Å². The predicted molar refractivity (Wildman–Crippen MR) is 63.4 cm³/mol. The molecule has 5 nitrogen and oxygen atoms in total. The Hall–Kier alpha value is -1.08. The van der Waals surface area contributed by atoms with Crippen LogP contribution < -0.4 is 5.32 Å². The Balaban J connectivity index is 2.85. The van der Waals surface area contributed by atoms with E-state index in [9.17, 15) is 16.8 Å². The highest BCUT2D eigenvalue weighted by Crippen LogP contribution is 2.14. The molecule has 1 aromatic rings. The minimum Gasteiger partial charge on any atom is -0.370 e. The molecule has 0 amide bonds. The number of hydrogen-bond acceptors (Lipinski definition) is 5. The van der Waals surface area contributed by atoms with E-state index in [1.165, 1.54) is 0 Å². The fourth-order valence-electron chi connectivity index (χ4n) is 1.04. The first-order valence-electron chi connectivity index (χ1n) is 4.46. The third kappa shape index (κ3) is 2.96. The van der Waals surface area contributed by atoms with Crippen LogP contribution in [0.15, 0.2) is 24.3 Å². The van der Waals surface area contributed by atoms with E-state index >= 15 is 0 Å². The van der Waals surface area contributed by atoms with Gasteiger partial charge in [-0.15, -0.1) is 0 Å². The summed E-state index contributed by atoms with van der Waals surface area (Å²) in [7, 11) is -8.23. The van der Waals surface area contributed by atoms with Gasteiger partial charge in [-0.1, -0.05) is 18.2 Å². The smallest absolute Gasteiger partial charge is 0.271 e. The maximum Gasteiger partial charge on any atom is 0.271 e. The number of benzene rings is 1. The molecule has 0 heterocycles. The molecule has 7 heteroatoms. The average Bonchev–Trinajstić information content (AvgIpc) is 2.15. The van der Waals surface area contributed by atoms with Crippen LogP contribution in [0.4, 0.5) is 5.69 Å². The van der Waals surface area contributed by atoms with Crippen LogP contribution in [-0.4, -0.2) is 29.0 Å². The summed E-state index contributed by atoms with van der Waals surface area (Å²) in [4.78, 5) is 0. The fourth-order valence-corrected chi connectivity index (χ4v) is 2.41. The van der Waals surface area contributed by atoms with Crippen LogP contribution in [-0.2, 0) is 17.7 Å². The van der Waals surface area contributed by atoms with Crippen molar-refractivity contribution in [3.8, 4) is 0 Å². The van der Waals surface area contributed by atoms with Gasteiger partial charge in [0.25, 0.3) is 17.7 Å². The zero-order valence-electron chi connectivity index (χ0n) is 8.97. The average molecular weight is 263 g/mol. The Morgan fingerprint density at radius 1 is 1.12 bits per heavy atom. The minimum atomic E-state index is -4.15. The van der Waals surface area contributed by atoms with E-state index in [-0.39, 0.29) is 0 Å². The largest absolute Gasteiger partial charge is 0.370 e. The lowest BCUT2D eigenvalue weighted by molar-refractivity contribution is 0.586. The Kier molecular flexibility index (Phi) is 3.59. The van der Waals surface area contributed by atoms with Gasteiger partial charge in [0.15, 0.2) is 0 Å². The van der Waals surface area contributed by atoms with Crippen LogP contribution in [0.5, 0.6) is 0 Å². The van der Waals surface area contributed by atoms with Gasteiger partial charge in [0, 0.05) is 5.69 Å². The molecule has 0 unspecified atom stereocenters. The molecular weight excluding hydrogens is 250 g/mol. The van der Waals surface area contributed by atoms with Crippen molar-refractivity contribution in [2.24, 2.45) is 0 Å². The maximum absolute atomic E-state index is 11.3. The lowest BCUT2D eigenvalue weighted by atomic mass is 10.2. The molecule has 0 bridgehead atoms. The van der Waals surface area contributed by atoms with Gasteiger partial charge >= 0.3 is 0 Å².